The maximum atomic E-state index is 13.3. The van der Waals surface area contributed by atoms with Crippen molar-refractivity contribution in [3.8, 4) is 5.75 Å². The van der Waals surface area contributed by atoms with Gasteiger partial charge in [-0.2, -0.15) is 0 Å². The normalized spacial score (nSPS) is 17.3. The van der Waals surface area contributed by atoms with Crippen molar-refractivity contribution in [3.05, 3.63) is 65.7 Å². The maximum Gasteiger partial charge on any atom is 0.306 e. The zero-order valence-corrected chi connectivity index (χ0v) is 20.6. The first-order chi connectivity index (χ1) is 16.7. The van der Waals surface area contributed by atoms with Gasteiger partial charge in [-0.25, -0.2) is 4.99 Å². The van der Waals surface area contributed by atoms with Crippen LogP contribution in [0.25, 0.3) is 0 Å². The highest BCUT2D eigenvalue weighted by Gasteiger charge is 2.44. The molecule has 8 heteroatoms. The lowest BCUT2D eigenvalue weighted by molar-refractivity contribution is -0.155. The van der Waals surface area contributed by atoms with E-state index in [1.165, 1.54) is 0 Å². The van der Waals surface area contributed by atoms with E-state index in [1.807, 2.05) is 30.3 Å². The molecule has 0 aliphatic carbocycles. The first-order valence-corrected chi connectivity index (χ1v) is 11.8. The molecule has 0 bridgehead atoms. The average Bonchev–Trinajstić information content (AvgIpc) is 3.27. The number of aliphatic imine (C=N–C) groups is 1. The van der Waals surface area contributed by atoms with Gasteiger partial charge in [-0.1, -0.05) is 30.3 Å². The predicted octanol–water partition coefficient (Wildman–Crippen LogP) is 3.40. The summed E-state index contributed by atoms with van der Waals surface area (Å²) in [5, 5.41) is 11.8. The van der Waals surface area contributed by atoms with E-state index in [9.17, 15) is 9.59 Å². The Labute approximate surface area is 206 Å². The fourth-order valence-electron chi connectivity index (χ4n) is 3.54. The number of carbonyl (C=O) groups is 2. The summed E-state index contributed by atoms with van der Waals surface area (Å²) in [7, 11) is 0. The molecular formula is C27H34N2O6. The number of rotatable bonds is 11. The van der Waals surface area contributed by atoms with E-state index >= 15 is 0 Å². The molecule has 1 aliphatic rings. The van der Waals surface area contributed by atoms with Gasteiger partial charge in [-0.3, -0.25) is 9.59 Å². The summed E-state index contributed by atoms with van der Waals surface area (Å²) in [6.45, 7) is 6.28. The molecule has 2 aromatic carbocycles. The molecule has 0 radical (unpaired) electrons. The molecule has 0 saturated heterocycles. The molecule has 0 aromatic heterocycles. The largest absolute Gasteiger partial charge is 0.494 e. The smallest absolute Gasteiger partial charge is 0.306 e. The number of esters is 1. The standard InChI is InChI=1S/C27H34N2O6/c1-26(2,3)35-23(31)14-15-27(25(32)28-18-20-8-5-4-6-9-20)19-34-24(29-27)21-10-12-22(13-11-21)33-17-7-16-30/h4-6,8-13,30H,7,14-19H2,1-3H3,(H,28,32)/t27-/m1/s1. The number of amides is 1. The van der Waals surface area contributed by atoms with Crippen LogP contribution >= 0.6 is 0 Å². The molecular weight excluding hydrogens is 448 g/mol. The molecule has 1 heterocycles. The quantitative estimate of drug-likeness (QED) is 0.376. The van der Waals surface area contributed by atoms with Crippen molar-refractivity contribution in [3.63, 3.8) is 0 Å². The molecule has 0 fully saturated rings. The van der Waals surface area contributed by atoms with Crippen LogP contribution in [-0.2, 0) is 25.6 Å². The summed E-state index contributed by atoms with van der Waals surface area (Å²) >= 11 is 0. The van der Waals surface area contributed by atoms with Crippen molar-refractivity contribution in [2.45, 2.75) is 57.7 Å². The first kappa shape index (κ1) is 26.2. The van der Waals surface area contributed by atoms with Gasteiger partial charge in [0, 0.05) is 31.6 Å². The van der Waals surface area contributed by atoms with Crippen LogP contribution < -0.4 is 10.1 Å². The van der Waals surface area contributed by atoms with Gasteiger partial charge in [0.1, 0.15) is 18.0 Å². The van der Waals surface area contributed by atoms with E-state index in [2.05, 4.69) is 10.3 Å². The molecule has 2 aromatic rings. The summed E-state index contributed by atoms with van der Waals surface area (Å²) in [4.78, 5) is 30.4. The minimum Gasteiger partial charge on any atom is -0.494 e. The predicted molar refractivity (Wildman–Crippen MR) is 132 cm³/mol. The average molecular weight is 483 g/mol. The summed E-state index contributed by atoms with van der Waals surface area (Å²) in [5.74, 6) is 0.313. The maximum absolute atomic E-state index is 13.3. The summed E-state index contributed by atoms with van der Waals surface area (Å²) < 4.78 is 16.9. The van der Waals surface area contributed by atoms with Crippen LogP contribution in [0.3, 0.4) is 0 Å². The zero-order valence-electron chi connectivity index (χ0n) is 20.6. The molecule has 35 heavy (non-hydrogen) atoms. The number of aliphatic hydroxyl groups excluding tert-OH is 1. The van der Waals surface area contributed by atoms with Gasteiger partial charge in [0.2, 0.25) is 5.90 Å². The monoisotopic (exact) mass is 482 g/mol. The van der Waals surface area contributed by atoms with E-state index < -0.39 is 11.1 Å². The first-order valence-electron chi connectivity index (χ1n) is 11.8. The zero-order chi connectivity index (χ0) is 25.3. The molecule has 1 amide bonds. The number of carbonyl (C=O) groups excluding carboxylic acids is 2. The highest BCUT2D eigenvalue weighted by atomic mass is 16.6. The minimum atomic E-state index is -1.24. The van der Waals surface area contributed by atoms with Crippen LogP contribution in [0.5, 0.6) is 5.75 Å². The number of benzene rings is 2. The van der Waals surface area contributed by atoms with E-state index in [-0.39, 0.29) is 37.9 Å². The Morgan fingerprint density at radius 3 is 2.49 bits per heavy atom. The Bertz CT molecular complexity index is 1010. The second kappa shape index (κ2) is 11.8. The Hall–Kier alpha value is -3.39. The molecule has 8 nitrogen and oxygen atoms in total. The topological polar surface area (TPSA) is 106 Å². The van der Waals surface area contributed by atoms with Gasteiger partial charge in [0.25, 0.3) is 5.91 Å². The van der Waals surface area contributed by atoms with E-state index in [0.29, 0.717) is 36.8 Å². The number of aliphatic hydroxyl groups is 1. The van der Waals surface area contributed by atoms with E-state index in [4.69, 9.17) is 19.3 Å². The minimum absolute atomic E-state index is 0.0283. The second-order valence-electron chi connectivity index (χ2n) is 9.44. The van der Waals surface area contributed by atoms with Gasteiger partial charge in [0.05, 0.1) is 6.61 Å². The molecule has 0 spiro atoms. The fourth-order valence-corrected chi connectivity index (χ4v) is 3.54. The molecule has 0 unspecified atom stereocenters. The van der Waals surface area contributed by atoms with Crippen molar-refractivity contribution in [1.82, 2.24) is 5.32 Å². The Morgan fingerprint density at radius 2 is 1.83 bits per heavy atom. The van der Waals surface area contributed by atoms with Crippen LogP contribution in [0.1, 0.15) is 51.2 Å². The van der Waals surface area contributed by atoms with Crippen LogP contribution in [-0.4, -0.2) is 53.8 Å². The van der Waals surface area contributed by atoms with Crippen molar-refractivity contribution in [2.75, 3.05) is 19.8 Å². The van der Waals surface area contributed by atoms with Crippen LogP contribution in [0.2, 0.25) is 0 Å². The lowest BCUT2D eigenvalue weighted by atomic mass is 9.94. The number of nitrogens with zero attached hydrogens (tertiary/aromatic N) is 1. The highest BCUT2D eigenvalue weighted by molar-refractivity contribution is 6.00. The van der Waals surface area contributed by atoms with Crippen molar-refractivity contribution >= 4 is 17.8 Å². The van der Waals surface area contributed by atoms with Crippen LogP contribution in [0, 0.1) is 0 Å². The number of hydrogen-bond donors (Lipinski definition) is 2. The van der Waals surface area contributed by atoms with Crippen molar-refractivity contribution in [1.29, 1.82) is 0 Å². The van der Waals surface area contributed by atoms with Gasteiger partial charge in [-0.15, -0.1) is 0 Å². The fraction of sp³-hybridized carbons (Fsp3) is 0.444. The van der Waals surface area contributed by atoms with Crippen molar-refractivity contribution < 1.29 is 28.9 Å². The SMILES string of the molecule is CC(C)(C)OC(=O)CC[C@]1(C(=O)NCc2ccccc2)COC(c2ccc(OCCCO)cc2)=N1. The van der Waals surface area contributed by atoms with Crippen LogP contribution in [0.15, 0.2) is 59.6 Å². The molecule has 0 saturated carbocycles. The Morgan fingerprint density at radius 1 is 1.11 bits per heavy atom. The molecule has 1 aliphatic heterocycles. The lowest BCUT2D eigenvalue weighted by Gasteiger charge is -2.24. The highest BCUT2D eigenvalue weighted by Crippen LogP contribution is 2.29. The lowest BCUT2D eigenvalue weighted by Crippen LogP contribution is -2.47. The van der Waals surface area contributed by atoms with Gasteiger partial charge in [-0.05, 0) is 57.0 Å². The number of ether oxygens (including phenoxy) is 3. The third kappa shape index (κ3) is 7.82. The summed E-state index contributed by atoms with van der Waals surface area (Å²) in [6.07, 6.45) is 0.748. The van der Waals surface area contributed by atoms with Crippen molar-refractivity contribution in [2.24, 2.45) is 4.99 Å². The van der Waals surface area contributed by atoms with Gasteiger partial charge in [0.15, 0.2) is 5.54 Å². The summed E-state index contributed by atoms with van der Waals surface area (Å²) in [5.41, 5.74) is -0.184. The third-order valence-corrected chi connectivity index (χ3v) is 5.32. The summed E-state index contributed by atoms with van der Waals surface area (Å²) in [6, 6.07) is 16.8. The molecule has 1 atom stereocenters. The number of hydrogen-bond acceptors (Lipinski definition) is 7. The Balaban J connectivity index is 1.75. The van der Waals surface area contributed by atoms with Crippen LogP contribution in [0.4, 0.5) is 0 Å². The molecule has 188 valence electrons. The Kier molecular flexibility index (Phi) is 8.87. The number of nitrogens with one attached hydrogen (secondary N) is 1. The van der Waals surface area contributed by atoms with Gasteiger partial charge < -0.3 is 24.6 Å². The van der Waals surface area contributed by atoms with E-state index in [0.717, 1.165) is 5.56 Å². The second-order valence-corrected chi connectivity index (χ2v) is 9.44. The third-order valence-electron chi connectivity index (χ3n) is 5.32. The van der Waals surface area contributed by atoms with E-state index in [1.54, 1.807) is 45.0 Å². The van der Waals surface area contributed by atoms with Gasteiger partial charge >= 0.3 is 5.97 Å². The molecule has 2 N–H and O–H groups in total. The molecule has 3 rings (SSSR count).